The first kappa shape index (κ1) is 11.0. The van der Waals surface area contributed by atoms with Crippen LogP contribution in [0.15, 0.2) is 12.1 Å². The van der Waals surface area contributed by atoms with Gasteiger partial charge in [0, 0.05) is 6.42 Å². The highest BCUT2D eigenvalue weighted by Gasteiger charge is 2.12. The maximum Gasteiger partial charge on any atom is 0.149 e. The summed E-state index contributed by atoms with van der Waals surface area (Å²) in [5.41, 5.74) is 0.295. The topological polar surface area (TPSA) is 26.3 Å². The summed E-state index contributed by atoms with van der Waals surface area (Å²) in [5, 5.41) is -0.0775. The van der Waals surface area contributed by atoms with E-state index in [0.29, 0.717) is 5.56 Å². The van der Waals surface area contributed by atoms with E-state index in [1.165, 1.54) is 20.1 Å². The number of rotatable bonds is 3. The lowest BCUT2D eigenvalue weighted by Crippen LogP contribution is -2.00. The Kier molecular flexibility index (Phi) is 3.47. The summed E-state index contributed by atoms with van der Waals surface area (Å²) < 4.78 is 18.3. The third kappa shape index (κ3) is 2.23. The predicted octanol–water partition coefficient (Wildman–Crippen LogP) is 2.62. The molecule has 0 aliphatic heterocycles. The zero-order valence-corrected chi connectivity index (χ0v) is 8.69. The summed E-state index contributed by atoms with van der Waals surface area (Å²) in [6.07, 6.45) is 0.0511. The summed E-state index contributed by atoms with van der Waals surface area (Å²) in [7, 11) is 1.41. The molecule has 0 unspecified atom stereocenters. The smallest absolute Gasteiger partial charge is 0.149 e. The molecule has 2 nitrogen and oxygen atoms in total. The molecule has 0 bridgehead atoms. The number of methoxy groups -OCH3 is 1. The van der Waals surface area contributed by atoms with Crippen molar-refractivity contribution < 1.29 is 13.9 Å². The number of carbonyl (C=O) groups is 1. The Morgan fingerprint density at radius 2 is 2.21 bits per heavy atom. The average molecular weight is 217 g/mol. The first-order valence-electron chi connectivity index (χ1n) is 4.06. The van der Waals surface area contributed by atoms with E-state index < -0.39 is 5.82 Å². The van der Waals surface area contributed by atoms with Crippen LogP contribution in [0.2, 0.25) is 5.02 Å². The lowest BCUT2D eigenvalue weighted by atomic mass is 10.1. The number of Topliss-reactive ketones (excluding diaryl/α,β-unsaturated/α-hetero) is 1. The van der Waals surface area contributed by atoms with Crippen molar-refractivity contribution in [1.82, 2.24) is 0 Å². The molecule has 0 aliphatic rings. The third-order valence-electron chi connectivity index (χ3n) is 1.79. The summed E-state index contributed by atoms with van der Waals surface area (Å²) in [4.78, 5) is 10.8. The van der Waals surface area contributed by atoms with Gasteiger partial charge in [-0.25, -0.2) is 4.39 Å². The molecule has 1 aromatic carbocycles. The number of hydrogen-bond acceptors (Lipinski definition) is 2. The Hall–Kier alpha value is -1.09. The van der Waals surface area contributed by atoms with E-state index in [0.717, 1.165) is 0 Å². The molecular weight excluding hydrogens is 207 g/mol. The molecule has 1 aromatic rings. The van der Waals surface area contributed by atoms with Gasteiger partial charge in [-0.2, -0.15) is 0 Å². The average Bonchev–Trinajstić information content (AvgIpc) is 2.13. The minimum absolute atomic E-state index is 0.0511. The summed E-state index contributed by atoms with van der Waals surface area (Å²) in [6, 6.07) is 3.05. The zero-order chi connectivity index (χ0) is 10.7. The summed E-state index contributed by atoms with van der Waals surface area (Å²) in [5.74, 6) is -0.414. The van der Waals surface area contributed by atoms with Crippen molar-refractivity contribution in [3.05, 3.63) is 28.5 Å². The first-order chi connectivity index (χ1) is 6.56. The Morgan fingerprint density at radius 1 is 1.57 bits per heavy atom. The number of halogens is 2. The summed E-state index contributed by atoms with van der Waals surface area (Å²) >= 11 is 5.67. The molecule has 0 saturated heterocycles. The fourth-order valence-electron chi connectivity index (χ4n) is 1.13. The number of hydrogen-bond donors (Lipinski definition) is 0. The minimum atomic E-state index is -0.582. The first-order valence-corrected chi connectivity index (χ1v) is 4.44. The second-order valence-corrected chi connectivity index (χ2v) is 3.31. The van der Waals surface area contributed by atoms with Gasteiger partial charge in [-0.1, -0.05) is 17.7 Å². The molecule has 1 rings (SSSR count). The van der Waals surface area contributed by atoms with Crippen LogP contribution in [0.25, 0.3) is 0 Å². The van der Waals surface area contributed by atoms with E-state index >= 15 is 0 Å². The van der Waals surface area contributed by atoms with Crippen molar-refractivity contribution in [2.75, 3.05) is 7.11 Å². The van der Waals surface area contributed by atoms with Crippen LogP contribution < -0.4 is 4.74 Å². The van der Waals surface area contributed by atoms with Crippen LogP contribution in [-0.4, -0.2) is 12.9 Å². The fraction of sp³-hybridized carbons (Fsp3) is 0.300. The van der Waals surface area contributed by atoms with Crippen LogP contribution in [0.1, 0.15) is 12.5 Å². The van der Waals surface area contributed by atoms with Crippen LogP contribution in [0.3, 0.4) is 0 Å². The molecule has 0 fully saturated rings. The van der Waals surface area contributed by atoms with Crippen molar-refractivity contribution in [3.8, 4) is 5.75 Å². The maximum atomic E-state index is 13.4. The lowest BCUT2D eigenvalue weighted by molar-refractivity contribution is -0.116. The molecule has 0 amide bonds. The molecule has 0 heterocycles. The van der Waals surface area contributed by atoms with Crippen LogP contribution in [-0.2, 0) is 11.2 Å². The minimum Gasteiger partial charge on any atom is -0.495 e. The molecule has 0 spiro atoms. The second kappa shape index (κ2) is 4.42. The van der Waals surface area contributed by atoms with Crippen molar-refractivity contribution in [2.45, 2.75) is 13.3 Å². The maximum absolute atomic E-state index is 13.4. The van der Waals surface area contributed by atoms with E-state index in [2.05, 4.69) is 0 Å². The van der Waals surface area contributed by atoms with Crippen molar-refractivity contribution in [1.29, 1.82) is 0 Å². The highest BCUT2D eigenvalue weighted by Crippen LogP contribution is 2.29. The Bertz CT molecular complexity index is 363. The van der Waals surface area contributed by atoms with E-state index in [1.807, 2.05) is 0 Å². The molecule has 4 heteroatoms. The molecule has 14 heavy (non-hydrogen) atoms. The van der Waals surface area contributed by atoms with Gasteiger partial charge in [-0.3, -0.25) is 4.79 Å². The van der Waals surface area contributed by atoms with Gasteiger partial charge in [-0.05, 0) is 18.6 Å². The highest BCUT2D eigenvalue weighted by molar-refractivity contribution is 6.32. The quantitative estimate of drug-likeness (QED) is 0.777. The van der Waals surface area contributed by atoms with E-state index in [9.17, 15) is 9.18 Å². The molecule has 0 aromatic heterocycles. The highest BCUT2D eigenvalue weighted by atomic mass is 35.5. The van der Waals surface area contributed by atoms with Crippen molar-refractivity contribution in [2.24, 2.45) is 0 Å². The standard InChI is InChI=1S/C10H10ClFO2/c1-6(13)5-7-3-4-8(14-2)9(11)10(7)12/h3-4H,5H2,1-2H3. The lowest BCUT2D eigenvalue weighted by Gasteiger charge is -2.06. The van der Waals surface area contributed by atoms with E-state index in [1.54, 1.807) is 6.07 Å². The Morgan fingerprint density at radius 3 is 2.71 bits per heavy atom. The van der Waals surface area contributed by atoms with Gasteiger partial charge < -0.3 is 4.74 Å². The van der Waals surface area contributed by atoms with Crippen molar-refractivity contribution in [3.63, 3.8) is 0 Å². The van der Waals surface area contributed by atoms with Gasteiger partial charge in [0.2, 0.25) is 0 Å². The number of ether oxygens (including phenoxy) is 1. The monoisotopic (exact) mass is 216 g/mol. The van der Waals surface area contributed by atoms with E-state index in [4.69, 9.17) is 16.3 Å². The van der Waals surface area contributed by atoms with Gasteiger partial charge in [-0.15, -0.1) is 0 Å². The normalized spacial score (nSPS) is 10.0. The summed E-state index contributed by atoms with van der Waals surface area (Å²) in [6.45, 7) is 1.40. The van der Waals surface area contributed by atoms with Crippen LogP contribution in [0, 0.1) is 5.82 Å². The SMILES string of the molecule is COc1ccc(CC(C)=O)c(F)c1Cl. The van der Waals surface area contributed by atoms with Crippen LogP contribution in [0.4, 0.5) is 4.39 Å². The second-order valence-electron chi connectivity index (χ2n) is 2.93. The Balaban J connectivity index is 3.10. The van der Waals surface area contributed by atoms with Crippen molar-refractivity contribution >= 4 is 17.4 Å². The van der Waals surface area contributed by atoms with Crippen LogP contribution in [0.5, 0.6) is 5.75 Å². The predicted molar refractivity (Wildman–Crippen MR) is 52.3 cm³/mol. The molecular formula is C10H10ClFO2. The number of ketones is 1. The third-order valence-corrected chi connectivity index (χ3v) is 2.14. The molecule has 76 valence electrons. The van der Waals surface area contributed by atoms with Gasteiger partial charge in [0.05, 0.1) is 7.11 Å². The van der Waals surface area contributed by atoms with Gasteiger partial charge >= 0.3 is 0 Å². The molecule has 0 aliphatic carbocycles. The molecule has 0 atom stereocenters. The van der Waals surface area contributed by atoms with Gasteiger partial charge in [0.1, 0.15) is 22.4 Å². The van der Waals surface area contributed by atoms with Crippen LogP contribution >= 0.6 is 11.6 Å². The zero-order valence-electron chi connectivity index (χ0n) is 7.93. The van der Waals surface area contributed by atoms with Gasteiger partial charge in [0.25, 0.3) is 0 Å². The van der Waals surface area contributed by atoms with E-state index in [-0.39, 0.29) is 23.0 Å². The molecule has 0 radical (unpaired) electrons. The van der Waals surface area contributed by atoms with Gasteiger partial charge in [0.15, 0.2) is 0 Å². The fourth-order valence-corrected chi connectivity index (χ4v) is 1.40. The largest absolute Gasteiger partial charge is 0.495 e. The number of benzene rings is 1. The number of carbonyl (C=O) groups excluding carboxylic acids is 1. The molecule has 0 saturated carbocycles. The molecule has 0 N–H and O–H groups in total. The Labute approximate surface area is 86.6 Å².